The molecule has 0 atom stereocenters. The third kappa shape index (κ3) is 2.94. The van der Waals surface area contributed by atoms with Gasteiger partial charge in [0.2, 0.25) is 5.91 Å². The zero-order chi connectivity index (χ0) is 14.6. The van der Waals surface area contributed by atoms with Gasteiger partial charge in [-0.2, -0.15) is 0 Å². The van der Waals surface area contributed by atoms with Gasteiger partial charge in [-0.25, -0.2) is 0 Å². The summed E-state index contributed by atoms with van der Waals surface area (Å²) < 4.78 is 5.30. The Bertz CT molecular complexity index is 447. The van der Waals surface area contributed by atoms with Gasteiger partial charge in [0.25, 0.3) is 0 Å². The number of carbonyl (C=O) groups is 1. The van der Waals surface area contributed by atoms with Gasteiger partial charge in [0.1, 0.15) is 5.75 Å². The van der Waals surface area contributed by atoms with Gasteiger partial charge in [0.15, 0.2) is 0 Å². The van der Waals surface area contributed by atoms with Crippen molar-refractivity contribution in [2.24, 2.45) is 5.41 Å². The van der Waals surface area contributed by atoms with E-state index in [2.05, 4.69) is 5.32 Å². The normalized spacial score (nSPS) is 17.7. The number of ether oxygens (including phenoxy) is 1. The number of nitrogens with one attached hydrogen (secondary N) is 1. The molecule has 1 aliphatic rings. The first-order chi connectivity index (χ1) is 9.59. The summed E-state index contributed by atoms with van der Waals surface area (Å²) in [6.45, 7) is 2.10. The lowest BCUT2D eigenvalue weighted by Crippen LogP contribution is -2.50. The number of aromatic hydroxyl groups is 1. The van der Waals surface area contributed by atoms with Gasteiger partial charge in [-0.3, -0.25) is 4.79 Å². The number of phenols is 1. The third-order valence-electron chi connectivity index (χ3n) is 3.98. The van der Waals surface area contributed by atoms with Crippen molar-refractivity contribution in [2.75, 3.05) is 38.8 Å². The van der Waals surface area contributed by atoms with Crippen LogP contribution in [-0.4, -0.2) is 44.9 Å². The largest absolute Gasteiger partial charge is 0.508 e. The van der Waals surface area contributed by atoms with E-state index in [1.807, 2.05) is 0 Å². The topological polar surface area (TPSA) is 61.8 Å². The molecule has 0 saturated carbocycles. The number of phenolic OH excluding ortho intramolecular Hbond substituents is 1. The molecule has 0 spiro atoms. The fraction of sp³-hybridized carbons (Fsp3) is 0.533. The van der Waals surface area contributed by atoms with Gasteiger partial charge < -0.3 is 20.1 Å². The molecule has 1 amide bonds. The molecule has 0 radical (unpaired) electrons. The maximum atomic E-state index is 12.9. The van der Waals surface area contributed by atoms with Crippen molar-refractivity contribution in [3.63, 3.8) is 0 Å². The molecule has 1 heterocycles. The van der Waals surface area contributed by atoms with Crippen LogP contribution in [0.2, 0.25) is 0 Å². The zero-order valence-electron chi connectivity index (χ0n) is 12.1. The molecular weight excluding hydrogens is 256 g/mol. The number of nitrogens with zero attached hydrogens (tertiary/aromatic N) is 1. The molecule has 0 bridgehead atoms. The van der Waals surface area contributed by atoms with Gasteiger partial charge >= 0.3 is 0 Å². The van der Waals surface area contributed by atoms with Gasteiger partial charge in [0, 0.05) is 19.8 Å². The Kier molecular flexibility index (Phi) is 4.62. The molecule has 1 saturated heterocycles. The third-order valence-corrected chi connectivity index (χ3v) is 3.98. The number of methoxy groups -OCH3 is 1. The zero-order valence-corrected chi connectivity index (χ0v) is 12.1. The quantitative estimate of drug-likeness (QED) is 0.873. The molecule has 110 valence electrons. The van der Waals surface area contributed by atoms with Crippen LogP contribution < -0.4 is 10.2 Å². The van der Waals surface area contributed by atoms with Crippen LogP contribution in [-0.2, 0) is 9.53 Å². The maximum absolute atomic E-state index is 12.9. The Morgan fingerprint density at radius 3 is 2.50 bits per heavy atom. The first-order valence-corrected chi connectivity index (χ1v) is 6.86. The van der Waals surface area contributed by atoms with Crippen LogP contribution in [0.5, 0.6) is 5.75 Å². The van der Waals surface area contributed by atoms with Crippen molar-refractivity contribution in [1.29, 1.82) is 0 Å². The average molecular weight is 278 g/mol. The highest BCUT2D eigenvalue weighted by Crippen LogP contribution is 2.33. The number of hydrogen-bond acceptors (Lipinski definition) is 4. The molecule has 0 aliphatic carbocycles. The van der Waals surface area contributed by atoms with Crippen LogP contribution in [0.3, 0.4) is 0 Å². The van der Waals surface area contributed by atoms with Gasteiger partial charge in [-0.05, 0) is 50.2 Å². The van der Waals surface area contributed by atoms with Crippen LogP contribution in [0.15, 0.2) is 24.3 Å². The molecule has 1 aromatic carbocycles. The summed E-state index contributed by atoms with van der Waals surface area (Å²) in [6, 6.07) is 6.67. The van der Waals surface area contributed by atoms with Gasteiger partial charge in [0.05, 0.1) is 12.0 Å². The highest BCUT2D eigenvalue weighted by atomic mass is 16.5. The van der Waals surface area contributed by atoms with E-state index in [4.69, 9.17) is 4.74 Å². The van der Waals surface area contributed by atoms with Crippen molar-refractivity contribution >= 4 is 11.6 Å². The fourth-order valence-electron chi connectivity index (χ4n) is 2.75. The lowest BCUT2D eigenvalue weighted by molar-refractivity contribution is -0.133. The molecule has 2 rings (SSSR count). The second kappa shape index (κ2) is 6.24. The van der Waals surface area contributed by atoms with E-state index in [-0.39, 0.29) is 11.7 Å². The predicted octanol–water partition coefficient (Wildman–Crippen LogP) is 1.37. The summed E-state index contributed by atoms with van der Waals surface area (Å²) in [4.78, 5) is 14.5. The molecule has 0 unspecified atom stereocenters. The first kappa shape index (κ1) is 14.8. The predicted molar refractivity (Wildman–Crippen MR) is 77.9 cm³/mol. The lowest BCUT2D eigenvalue weighted by Gasteiger charge is -2.38. The number of amides is 1. The van der Waals surface area contributed by atoms with E-state index >= 15 is 0 Å². The summed E-state index contributed by atoms with van der Waals surface area (Å²) in [7, 11) is 3.41. The Balaban J connectivity index is 2.20. The molecule has 1 aliphatic heterocycles. The molecule has 1 aromatic rings. The summed E-state index contributed by atoms with van der Waals surface area (Å²) in [5.41, 5.74) is 0.328. The van der Waals surface area contributed by atoms with Crippen molar-refractivity contribution < 1.29 is 14.6 Å². The Hall–Kier alpha value is -1.59. The number of carbonyl (C=O) groups excluding carboxylic acids is 1. The average Bonchev–Trinajstić information content (AvgIpc) is 2.48. The van der Waals surface area contributed by atoms with E-state index in [0.29, 0.717) is 6.61 Å². The van der Waals surface area contributed by atoms with Crippen LogP contribution in [0.25, 0.3) is 0 Å². The lowest BCUT2D eigenvalue weighted by atomic mass is 9.78. The van der Waals surface area contributed by atoms with Crippen LogP contribution >= 0.6 is 0 Å². The monoisotopic (exact) mass is 278 g/mol. The van der Waals surface area contributed by atoms with Crippen molar-refractivity contribution in [1.82, 2.24) is 5.32 Å². The minimum absolute atomic E-state index is 0.0755. The second-order valence-electron chi connectivity index (χ2n) is 5.34. The standard InChI is InChI=1S/C15H22N2O3/c1-17(12-3-5-13(18)6-4-12)14(19)15(11-20-2)7-9-16-10-8-15/h3-6,16,18H,7-11H2,1-2H3. The molecule has 5 nitrogen and oxygen atoms in total. The molecule has 5 heteroatoms. The van der Waals surface area contributed by atoms with Crippen molar-refractivity contribution in [3.05, 3.63) is 24.3 Å². The number of hydrogen-bond donors (Lipinski definition) is 2. The molecule has 0 aromatic heterocycles. The minimum Gasteiger partial charge on any atom is -0.508 e. The number of benzene rings is 1. The van der Waals surface area contributed by atoms with E-state index < -0.39 is 5.41 Å². The van der Waals surface area contributed by atoms with Crippen LogP contribution in [0, 0.1) is 5.41 Å². The van der Waals surface area contributed by atoms with Gasteiger partial charge in [-0.1, -0.05) is 0 Å². The van der Waals surface area contributed by atoms with Crippen LogP contribution in [0.4, 0.5) is 5.69 Å². The summed E-state index contributed by atoms with van der Waals surface area (Å²) in [5, 5.41) is 12.6. The van der Waals surface area contributed by atoms with E-state index in [1.165, 1.54) is 0 Å². The van der Waals surface area contributed by atoms with E-state index in [9.17, 15) is 9.90 Å². The summed E-state index contributed by atoms with van der Waals surface area (Å²) in [6.07, 6.45) is 1.56. The fourth-order valence-corrected chi connectivity index (χ4v) is 2.75. The smallest absolute Gasteiger partial charge is 0.235 e. The van der Waals surface area contributed by atoms with E-state index in [1.54, 1.807) is 43.3 Å². The van der Waals surface area contributed by atoms with Gasteiger partial charge in [-0.15, -0.1) is 0 Å². The summed E-state index contributed by atoms with van der Waals surface area (Å²) in [5.74, 6) is 0.273. The maximum Gasteiger partial charge on any atom is 0.235 e. The molecular formula is C15H22N2O3. The minimum atomic E-state index is -0.452. The Labute approximate surface area is 119 Å². The SMILES string of the molecule is COCC1(C(=O)N(C)c2ccc(O)cc2)CCNCC1. The van der Waals surface area contributed by atoms with Crippen molar-refractivity contribution in [3.8, 4) is 5.75 Å². The number of anilines is 1. The highest BCUT2D eigenvalue weighted by Gasteiger charge is 2.41. The molecule has 1 fully saturated rings. The summed E-state index contributed by atoms with van der Waals surface area (Å²) >= 11 is 0. The second-order valence-corrected chi connectivity index (χ2v) is 5.34. The van der Waals surface area contributed by atoms with Crippen molar-refractivity contribution in [2.45, 2.75) is 12.8 Å². The highest BCUT2D eigenvalue weighted by molar-refractivity contribution is 5.97. The Morgan fingerprint density at radius 2 is 1.95 bits per heavy atom. The van der Waals surface area contributed by atoms with Crippen LogP contribution in [0.1, 0.15) is 12.8 Å². The first-order valence-electron chi connectivity index (χ1n) is 6.86. The molecule has 2 N–H and O–H groups in total. The molecule has 20 heavy (non-hydrogen) atoms. The number of rotatable bonds is 4. The number of piperidine rings is 1. The van der Waals surface area contributed by atoms with E-state index in [0.717, 1.165) is 31.6 Å². The Morgan fingerprint density at radius 1 is 1.35 bits per heavy atom.